The summed E-state index contributed by atoms with van der Waals surface area (Å²) in [6.45, 7) is 4.33. The number of carbonyl (C=O) groups is 1. The second kappa shape index (κ2) is 8.18. The van der Waals surface area contributed by atoms with E-state index in [1.165, 1.54) is 4.88 Å². The third kappa shape index (κ3) is 4.28. The summed E-state index contributed by atoms with van der Waals surface area (Å²) in [4.78, 5) is 17.9. The molecule has 2 aliphatic rings. The Morgan fingerprint density at radius 1 is 1.23 bits per heavy atom. The zero-order valence-corrected chi connectivity index (χ0v) is 15.5. The van der Waals surface area contributed by atoms with Crippen LogP contribution in [0.3, 0.4) is 0 Å². The Kier molecular flexibility index (Phi) is 7.43. The maximum absolute atomic E-state index is 12.3. The van der Waals surface area contributed by atoms with Crippen LogP contribution in [0.4, 0.5) is 0 Å². The molecule has 0 aromatic carbocycles. The molecule has 2 heterocycles. The SMILES string of the molecule is Cl.Cl.NC1(C(=O)N2CCN(Cc3ccc(Cl)s3)CC2)CCC1. The molecule has 22 heavy (non-hydrogen) atoms. The molecule has 1 aromatic rings. The standard InChI is InChI=1S/C14H20ClN3OS.2ClH/c15-12-3-2-11(20-12)10-17-6-8-18(9-7-17)13(19)14(16)4-1-5-14;;/h2-3H,1,4-10,16H2;2*1H. The lowest BCUT2D eigenvalue weighted by atomic mass is 9.76. The van der Waals surface area contributed by atoms with E-state index in [9.17, 15) is 4.79 Å². The first-order valence-corrected chi connectivity index (χ1v) is 8.31. The lowest BCUT2D eigenvalue weighted by Gasteiger charge is -2.43. The predicted molar refractivity (Wildman–Crippen MR) is 96.5 cm³/mol. The quantitative estimate of drug-likeness (QED) is 0.869. The van der Waals surface area contributed by atoms with Gasteiger partial charge in [-0.15, -0.1) is 36.2 Å². The van der Waals surface area contributed by atoms with Crippen LogP contribution in [-0.2, 0) is 11.3 Å². The van der Waals surface area contributed by atoms with Crippen molar-refractivity contribution in [2.45, 2.75) is 31.3 Å². The molecule has 0 radical (unpaired) electrons. The molecular weight excluding hydrogens is 365 g/mol. The van der Waals surface area contributed by atoms with Crippen molar-refractivity contribution in [1.82, 2.24) is 9.80 Å². The highest BCUT2D eigenvalue weighted by molar-refractivity contribution is 7.16. The van der Waals surface area contributed by atoms with E-state index >= 15 is 0 Å². The fourth-order valence-corrected chi connectivity index (χ4v) is 3.98. The van der Waals surface area contributed by atoms with E-state index in [0.29, 0.717) is 0 Å². The molecule has 4 nitrogen and oxygen atoms in total. The van der Waals surface area contributed by atoms with Crippen molar-refractivity contribution in [3.05, 3.63) is 21.3 Å². The lowest BCUT2D eigenvalue weighted by Crippen LogP contribution is -2.62. The number of thiophene rings is 1. The van der Waals surface area contributed by atoms with E-state index < -0.39 is 5.54 Å². The second-order valence-electron chi connectivity index (χ2n) is 5.78. The van der Waals surface area contributed by atoms with Gasteiger partial charge in [0.2, 0.25) is 5.91 Å². The first-order valence-electron chi connectivity index (χ1n) is 7.12. The Labute approximate surface area is 152 Å². The molecule has 1 saturated carbocycles. The van der Waals surface area contributed by atoms with Crippen molar-refractivity contribution in [3.63, 3.8) is 0 Å². The molecule has 0 spiro atoms. The number of rotatable bonds is 3. The highest BCUT2D eigenvalue weighted by Crippen LogP contribution is 2.31. The van der Waals surface area contributed by atoms with Gasteiger partial charge in [0.25, 0.3) is 0 Å². The minimum absolute atomic E-state index is 0. The van der Waals surface area contributed by atoms with Gasteiger partial charge in [-0.1, -0.05) is 11.6 Å². The molecule has 1 aliphatic carbocycles. The van der Waals surface area contributed by atoms with E-state index in [4.69, 9.17) is 17.3 Å². The Morgan fingerprint density at radius 2 is 1.86 bits per heavy atom. The van der Waals surface area contributed by atoms with Crippen LogP contribution in [0.2, 0.25) is 4.34 Å². The summed E-state index contributed by atoms with van der Waals surface area (Å²) < 4.78 is 0.837. The molecule has 1 saturated heterocycles. The number of nitrogens with zero attached hydrogens (tertiary/aromatic N) is 2. The minimum atomic E-state index is -0.552. The largest absolute Gasteiger partial charge is 0.339 e. The zero-order chi connectivity index (χ0) is 14.2. The van der Waals surface area contributed by atoms with Gasteiger partial charge in [0.1, 0.15) is 0 Å². The van der Waals surface area contributed by atoms with Crippen LogP contribution in [0.15, 0.2) is 12.1 Å². The Morgan fingerprint density at radius 3 is 2.32 bits per heavy atom. The van der Waals surface area contributed by atoms with E-state index in [1.807, 2.05) is 11.0 Å². The topological polar surface area (TPSA) is 49.6 Å². The van der Waals surface area contributed by atoms with Crippen LogP contribution >= 0.6 is 47.8 Å². The molecule has 126 valence electrons. The predicted octanol–water partition coefficient (Wildman–Crippen LogP) is 2.77. The van der Waals surface area contributed by atoms with Crippen LogP contribution in [0.5, 0.6) is 0 Å². The van der Waals surface area contributed by atoms with Crippen LogP contribution < -0.4 is 5.73 Å². The third-order valence-corrected chi connectivity index (χ3v) is 5.56. The number of hydrogen-bond acceptors (Lipinski definition) is 4. The van der Waals surface area contributed by atoms with Crippen LogP contribution in [0, 0.1) is 0 Å². The number of carbonyl (C=O) groups excluding carboxylic acids is 1. The molecule has 0 atom stereocenters. The van der Waals surface area contributed by atoms with Gasteiger partial charge in [-0.3, -0.25) is 9.69 Å². The zero-order valence-electron chi connectivity index (χ0n) is 12.3. The molecule has 1 amide bonds. The van der Waals surface area contributed by atoms with Crippen molar-refractivity contribution in [3.8, 4) is 0 Å². The number of nitrogens with two attached hydrogens (primary N) is 1. The van der Waals surface area contributed by atoms with E-state index in [1.54, 1.807) is 11.3 Å². The van der Waals surface area contributed by atoms with Crippen molar-refractivity contribution >= 4 is 53.7 Å². The van der Waals surface area contributed by atoms with E-state index in [0.717, 1.165) is 56.3 Å². The van der Waals surface area contributed by atoms with Crippen LogP contribution in [0.25, 0.3) is 0 Å². The molecule has 2 N–H and O–H groups in total. The fourth-order valence-electron chi connectivity index (χ4n) is 2.85. The molecular formula is C14H22Cl3N3OS. The molecule has 3 rings (SSSR count). The lowest BCUT2D eigenvalue weighted by molar-refractivity contribution is -0.142. The minimum Gasteiger partial charge on any atom is -0.339 e. The number of piperazine rings is 1. The summed E-state index contributed by atoms with van der Waals surface area (Å²) in [5.41, 5.74) is 5.57. The third-order valence-electron chi connectivity index (χ3n) is 4.34. The van der Waals surface area contributed by atoms with Gasteiger partial charge in [-0.25, -0.2) is 0 Å². The summed E-state index contributed by atoms with van der Waals surface area (Å²) in [5.74, 6) is 0.155. The number of hydrogen-bond donors (Lipinski definition) is 1. The van der Waals surface area contributed by atoms with Gasteiger partial charge in [-0.05, 0) is 31.4 Å². The molecule has 2 fully saturated rings. The normalized spacial score (nSPS) is 20.5. The van der Waals surface area contributed by atoms with Gasteiger partial charge in [0.15, 0.2) is 0 Å². The highest BCUT2D eigenvalue weighted by atomic mass is 35.5. The van der Waals surface area contributed by atoms with Crippen molar-refractivity contribution in [2.24, 2.45) is 5.73 Å². The maximum Gasteiger partial charge on any atom is 0.242 e. The van der Waals surface area contributed by atoms with Gasteiger partial charge < -0.3 is 10.6 Å². The van der Waals surface area contributed by atoms with E-state index in [-0.39, 0.29) is 30.7 Å². The average Bonchev–Trinajstić information content (AvgIpc) is 2.81. The second-order valence-corrected chi connectivity index (χ2v) is 7.58. The Bertz CT molecular complexity index is 499. The first kappa shape index (κ1) is 20.0. The summed E-state index contributed by atoms with van der Waals surface area (Å²) >= 11 is 7.58. The van der Waals surface area contributed by atoms with Crippen LogP contribution in [-0.4, -0.2) is 47.4 Å². The Hall–Kier alpha value is -0.0400. The van der Waals surface area contributed by atoms with Crippen molar-refractivity contribution < 1.29 is 4.79 Å². The van der Waals surface area contributed by atoms with Gasteiger partial charge in [0, 0.05) is 37.6 Å². The maximum atomic E-state index is 12.3. The monoisotopic (exact) mass is 385 g/mol. The summed E-state index contributed by atoms with van der Waals surface area (Å²) in [5, 5.41) is 0. The van der Waals surface area contributed by atoms with Gasteiger partial charge >= 0.3 is 0 Å². The first-order chi connectivity index (χ1) is 9.57. The van der Waals surface area contributed by atoms with Gasteiger partial charge in [0.05, 0.1) is 9.88 Å². The molecule has 1 aromatic heterocycles. The Balaban J connectivity index is 0.00000121. The summed E-state index contributed by atoms with van der Waals surface area (Å²) in [6.07, 6.45) is 2.78. The van der Waals surface area contributed by atoms with E-state index in [2.05, 4.69) is 11.0 Å². The number of halogens is 3. The summed E-state index contributed by atoms with van der Waals surface area (Å²) in [6, 6.07) is 4.02. The molecule has 1 aliphatic heterocycles. The fraction of sp³-hybridized carbons (Fsp3) is 0.643. The average molecular weight is 387 g/mol. The number of amides is 1. The van der Waals surface area contributed by atoms with Crippen molar-refractivity contribution in [1.29, 1.82) is 0 Å². The highest BCUT2D eigenvalue weighted by Gasteiger charge is 2.43. The van der Waals surface area contributed by atoms with Gasteiger partial charge in [-0.2, -0.15) is 0 Å². The van der Waals surface area contributed by atoms with Crippen molar-refractivity contribution in [2.75, 3.05) is 26.2 Å². The van der Waals surface area contributed by atoms with Crippen LogP contribution in [0.1, 0.15) is 24.1 Å². The molecule has 0 unspecified atom stereocenters. The smallest absolute Gasteiger partial charge is 0.242 e. The summed E-state index contributed by atoms with van der Waals surface area (Å²) in [7, 11) is 0. The molecule has 0 bridgehead atoms. The molecule has 8 heteroatoms.